The zero-order valence-corrected chi connectivity index (χ0v) is 12.1. The van der Waals surface area contributed by atoms with Gasteiger partial charge in [-0.05, 0) is 24.5 Å². The SMILES string of the molecule is Cc1ncc(CO)c(CNCC2Cc3ccccc32)c1O. The molecule has 3 N–H and O–H groups in total. The Morgan fingerprint density at radius 1 is 1.33 bits per heavy atom. The van der Waals surface area contributed by atoms with E-state index in [0.29, 0.717) is 23.7 Å². The van der Waals surface area contributed by atoms with Crippen LogP contribution in [0.4, 0.5) is 0 Å². The Morgan fingerprint density at radius 3 is 2.90 bits per heavy atom. The molecule has 0 radical (unpaired) electrons. The number of hydrogen-bond acceptors (Lipinski definition) is 4. The lowest BCUT2D eigenvalue weighted by Gasteiger charge is -2.30. The second-order valence-corrected chi connectivity index (χ2v) is 5.58. The highest BCUT2D eigenvalue weighted by atomic mass is 16.3. The summed E-state index contributed by atoms with van der Waals surface area (Å²) in [5.41, 5.74) is 4.88. The molecule has 0 saturated heterocycles. The minimum absolute atomic E-state index is 0.107. The van der Waals surface area contributed by atoms with Gasteiger partial charge in [-0.25, -0.2) is 0 Å². The van der Waals surface area contributed by atoms with E-state index in [-0.39, 0.29) is 12.4 Å². The van der Waals surface area contributed by atoms with Crippen molar-refractivity contribution in [2.45, 2.75) is 32.4 Å². The Morgan fingerprint density at radius 2 is 2.14 bits per heavy atom. The molecule has 1 aromatic carbocycles. The molecule has 3 rings (SSSR count). The molecule has 1 aliphatic carbocycles. The molecule has 1 atom stereocenters. The fourth-order valence-corrected chi connectivity index (χ4v) is 2.93. The Labute approximate surface area is 124 Å². The number of nitrogens with one attached hydrogen (secondary N) is 1. The number of aliphatic hydroxyl groups excluding tert-OH is 1. The highest BCUT2D eigenvalue weighted by molar-refractivity contribution is 5.41. The predicted molar refractivity (Wildman–Crippen MR) is 81.2 cm³/mol. The Hall–Kier alpha value is -1.91. The summed E-state index contributed by atoms with van der Waals surface area (Å²) in [7, 11) is 0. The molecule has 0 aliphatic heterocycles. The van der Waals surface area contributed by atoms with E-state index in [0.717, 1.165) is 18.5 Å². The Balaban J connectivity index is 1.63. The number of pyridine rings is 1. The van der Waals surface area contributed by atoms with Crippen molar-refractivity contribution in [1.82, 2.24) is 10.3 Å². The average molecular weight is 284 g/mol. The van der Waals surface area contributed by atoms with Crippen LogP contribution in [0.15, 0.2) is 30.5 Å². The molecule has 2 aromatic rings. The predicted octanol–water partition coefficient (Wildman–Crippen LogP) is 2.02. The second-order valence-electron chi connectivity index (χ2n) is 5.58. The topological polar surface area (TPSA) is 65.4 Å². The molecule has 0 amide bonds. The lowest BCUT2D eigenvalue weighted by Crippen LogP contribution is -2.29. The second kappa shape index (κ2) is 5.84. The van der Waals surface area contributed by atoms with Crippen LogP contribution in [0.1, 0.15) is 33.9 Å². The van der Waals surface area contributed by atoms with Crippen LogP contribution in [0.2, 0.25) is 0 Å². The van der Waals surface area contributed by atoms with Gasteiger partial charge in [0.15, 0.2) is 0 Å². The molecule has 0 saturated carbocycles. The first-order chi connectivity index (χ1) is 10.2. The van der Waals surface area contributed by atoms with Crippen molar-refractivity contribution >= 4 is 0 Å². The zero-order valence-electron chi connectivity index (χ0n) is 12.1. The van der Waals surface area contributed by atoms with Gasteiger partial charge in [0, 0.05) is 36.3 Å². The third kappa shape index (κ3) is 2.64. The maximum Gasteiger partial charge on any atom is 0.141 e. The minimum atomic E-state index is -0.107. The van der Waals surface area contributed by atoms with E-state index in [9.17, 15) is 10.2 Å². The largest absolute Gasteiger partial charge is 0.506 e. The molecule has 1 unspecified atom stereocenters. The number of nitrogens with zero attached hydrogens (tertiary/aromatic N) is 1. The van der Waals surface area contributed by atoms with E-state index < -0.39 is 0 Å². The van der Waals surface area contributed by atoms with E-state index in [1.165, 1.54) is 11.1 Å². The number of aromatic hydroxyl groups is 1. The van der Waals surface area contributed by atoms with E-state index in [2.05, 4.69) is 34.6 Å². The number of benzene rings is 1. The van der Waals surface area contributed by atoms with Crippen molar-refractivity contribution in [3.05, 3.63) is 58.4 Å². The summed E-state index contributed by atoms with van der Waals surface area (Å²) in [6.45, 7) is 3.08. The van der Waals surface area contributed by atoms with Gasteiger partial charge in [0.25, 0.3) is 0 Å². The summed E-state index contributed by atoms with van der Waals surface area (Å²) in [6.07, 6.45) is 2.74. The van der Waals surface area contributed by atoms with Crippen LogP contribution in [-0.2, 0) is 19.6 Å². The van der Waals surface area contributed by atoms with E-state index in [1.54, 1.807) is 13.1 Å². The molecule has 0 bridgehead atoms. The van der Waals surface area contributed by atoms with Crippen LogP contribution in [-0.4, -0.2) is 21.7 Å². The molecule has 4 heteroatoms. The van der Waals surface area contributed by atoms with Crippen molar-refractivity contribution in [1.29, 1.82) is 0 Å². The molecular weight excluding hydrogens is 264 g/mol. The van der Waals surface area contributed by atoms with Gasteiger partial charge in [-0.3, -0.25) is 4.98 Å². The fraction of sp³-hybridized carbons (Fsp3) is 0.353. The number of rotatable bonds is 5. The number of aryl methyl sites for hydroxylation is 1. The quantitative estimate of drug-likeness (QED) is 0.786. The van der Waals surface area contributed by atoms with Gasteiger partial charge >= 0.3 is 0 Å². The van der Waals surface area contributed by atoms with Crippen LogP contribution < -0.4 is 5.32 Å². The first-order valence-corrected chi connectivity index (χ1v) is 7.26. The summed E-state index contributed by atoms with van der Waals surface area (Å²) in [4.78, 5) is 4.07. The van der Waals surface area contributed by atoms with Crippen molar-refractivity contribution in [3.63, 3.8) is 0 Å². The third-order valence-electron chi connectivity index (χ3n) is 4.25. The summed E-state index contributed by atoms with van der Waals surface area (Å²) >= 11 is 0. The van der Waals surface area contributed by atoms with Crippen molar-refractivity contribution in [2.75, 3.05) is 6.54 Å². The Kier molecular flexibility index (Phi) is 3.90. The maximum absolute atomic E-state index is 10.1. The van der Waals surface area contributed by atoms with Gasteiger partial charge in [-0.2, -0.15) is 0 Å². The van der Waals surface area contributed by atoms with Gasteiger partial charge in [-0.15, -0.1) is 0 Å². The number of hydrogen-bond donors (Lipinski definition) is 3. The number of aliphatic hydroxyl groups is 1. The van der Waals surface area contributed by atoms with E-state index >= 15 is 0 Å². The Bertz CT molecular complexity index is 655. The van der Waals surface area contributed by atoms with Crippen LogP contribution in [0, 0.1) is 6.92 Å². The zero-order chi connectivity index (χ0) is 14.8. The lowest BCUT2D eigenvalue weighted by molar-refractivity contribution is 0.278. The minimum Gasteiger partial charge on any atom is -0.506 e. The monoisotopic (exact) mass is 284 g/mol. The molecule has 0 spiro atoms. The van der Waals surface area contributed by atoms with Crippen LogP contribution in [0.5, 0.6) is 5.75 Å². The van der Waals surface area contributed by atoms with Crippen LogP contribution >= 0.6 is 0 Å². The standard InChI is InChI=1S/C17H20N2O2/c1-11-17(21)16(14(10-20)8-19-11)9-18-7-13-6-12-4-2-3-5-15(12)13/h2-5,8,13,18,20-21H,6-7,9-10H2,1H3. The molecule has 4 nitrogen and oxygen atoms in total. The van der Waals surface area contributed by atoms with E-state index in [1.807, 2.05) is 0 Å². The van der Waals surface area contributed by atoms with Crippen LogP contribution in [0.25, 0.3) is 0 Å². The number of fused-ring (bicyclic) bond motifs is 1. The van der Waals surface area contributed by atoms with Gasteiger partial charge < -0.3 is 15.5 Å². The van der Waals surface area contributed by atoms with Gasteiger partial charge in [0.2, 0.25) is 0 Å². The molecular formula is C17H20N2O2. The van der Waals surface area contributed by atoms with Gasteiger partial charge in [0.05, 0.1) is 12.3 Å². The fourth-order valence-electron chi connectivity index (χ4n) is 2.93. The molecule has 0 fully saturated rings. The van der Waals surface area contributed by atoms with Gasteiger partial charge in [-0.1, -0.05) is 24.3 Å². The first kappa shape index (κ1) is 14.0. The molecule has 1 heterocycles. The van der Waals surface area contributed by atoms with Crippen molar-refractivity contribution in [3.8, 4) is 5.75 Å². The normalized spacial score (nSPS) is 16.4. The third-order valence-corrected chi connectivity index (χ3v) is 4.25. The highest BCUT2D eigenvalue weighted by Gasteiger charge is 2.24. The van der Waals surface area contributed by atoms with Crippen LogP contribution in [0.3, 0.4) is 0 Å². The molecule has 21 heavy (non-hydrogen) atoms. The molecule has 1 aromatic heterocycles. The molecule has 1 aliphatic rings. The summed E-state index contributed by atoms with van der Waals surface area (Å²) < 4.78 is 0. The van der Waals surface area contributed by atoms with Crippen molar-refractivity contribution in [2.24, 2.45) is 0 Å². The smallest absolute Gasteiger partial charge is 0.141 e. The summed E-state index contributed by atoms with van der Waals surface area (Å²) in [5.74, 6) is 0.729. The highest BCUT2D eigenvalue weighted by Crippen LogP contribution is 2.34. The number of aromatic nitrogens is 1. The maximum atomic E-state index is 10.1. The van der Waals surface area contributed by atoms with Gasteiger partial charge in [0.1, 0.15) is 5.75 Å². The summed E-state index contributed by atoms with van der Waals surface area (Å²) in [6, 6.07) is 8.51. The summed E-state index contributed by atoms with van der Waals surface area (Å²) in [5, 5.41) is 22.8. The van der Waals surface area contributed by atoms with Crippen molar-refractivity contribution < 1.29 is 10.2 Å². The lowest BCUT2D eigenvalue weighted by atomic mass is 9.77. The molecule has 110 valence electrons. The first-order valence-electron chi connectivity index (χ1n) is 7.26. The average Bonchev–Trinajstić information content (AvgIpc) is 2.48. The van der Waals surface area contributed by atoms with E-state index in [4.69, 9.17) is 0 Å².